The minimum atomic E-state index is -4.46. The van der Waals surface area contributed by atoms with E-state index in [1.165, 1.54) is 16.9 Å². The molecule has 0 unspecified atom stereocenters. The summed E-state index contributed by atoms with van der Waals surface area (Å²) in [5.74, 6) is 0.480. The highest BCUT2D eigenvalue weighted by atomic mass is 19.4. The second-order valence-corrected chi connectivity index (χ2v) is 5.12. The van der Waals surface area contributed by atoms with Crippen LogP contribution in [0.3, 0.4) is 0 Å². The SMILES string of the molecule is CC1(N)CN(c2nccn3nc(C(F)(F)F)cc23)C1. The Bertz CT molecular complexity index is 623. The maximum absolute atomic E-state index is 12.6. The van der Waals surface area contributed by atoms with Gasteiger partial charge in [-0.25, -0.2) is 9.50 Å². The first kappa shape index (κ1) is 12.2. The van der Waals surface area contributed by atoms with Crippen LogP contribution in [0.2, 0.25) is 0 Å². The van der Waals surface area contributed by atoms with Gasteiger partial charge in [0.1, 0.15) is 5.52 Å². The lowest BCUT2D eigenvalue weighted by molar-refractivity contribution is -0.141. The van der Waals surface area contributed by atoms with Gasteiger partial charge in [0, 0.05) is 37.1 Å². The Hall–Kier alpha value is -1.83. The van der Waals surface area contributed by atoms with Crippen LogP contribution in [0, 0.1) is 0 Å². The molecular weight excluding hydrogens is 259 g/mol. The molecule has 0 bridgehead atoms. The molecule has 3 heterocycles. The van der Waals surface area contributed by atoms with Crippen molar-refractivity contribution in [1.29, 1.82) is 0 Å². The van der Waals surface area contributed by atoms with Crippen LogP contribution in [0.4, 0.5) is 19.0 Å². The third kappa shape index (κ3) is 2.01. The van der Waals surface area contributed by atoms with E-state index in [1.807, 2.05) is 11.8 Å². The molecule has 2 aromatic heterocycles. The van der Waals surface area contributed by atoms with Crippen molar-refractivity contribution in [1.82, 2.24) is 14.6 Å². The Morgan fingerprint density at radius 1 is 1.37 bits per heavy atom. The fourth-order valence-electron chi connectivity index (χ4n) is 2.27. The molecule has 102 valence electrons. The van der Waals surface area contributed by atoms with Crippen molar-refractivity contribution in [3.8, 4) is 0 Å². The van der Waals surface area contributed by atoms with E-state index in [9.17, 15) is 13.2 Å². The zero-order valence-corrected chi connectivity index (χ0v) is 10.1. The Morgan fingerprint density at radius 3 is 2.63 bits per heavy atom. The highest BCUT2D eigenvalue weighted by Crippen LogP contribution is 2.32. The molecule has 0 atom stereocenters. The monoisotopic (exact) mass is 271 g/mol. The van der Waals surface area contributed by atoms with Crippen LogP contribution in [-0.4, -0.2) is 33.2 Å². The normalized spacial score (nSPS) is 18.7. The van der Waals surface area contributed by atoms with Crippen molar-refractivity contribution in [2.45, 2.75) is 18.6 Å². The lowest BCUT2D eigenvalue weighted by Gasteiger charge is -2.46. The minimum absolute atomic E-state index is 0.318. The number of hydrogen-bond acceptors (Lipinski definition) is 4. The van der Waals surface area contributed by atoms with Gasteiger partial charge in [-0.15, -0.1) is 0 Å². The van der Waals surface area contributed by atoms with E-state index in [0.717, 1.165) is 6.07 Å². The quantitative estimate of drug-likeness (QED) is 0.849. The second-order valence-electron chi connectivity index (χ2n) is 5.12. The fraction of sp³-hybridized carbons (Fsp3) is 0.455. The maximum Gasteiger partial charge on any atom is 0.435 e. The molecule has 3 rings (SSSR count). The number of alkyl halides is 3. The summed E-state index contributed by atoms with van der Waals surface area (Å²) in [5.41, 5.74) is 5.00. The fourth-order valence-corrected chi connectivity index (χ4v) is 2.27. The molecule has 0 aromatic carbocycles. The Morgan fingerprint density at radius 2 is 2.05 bits per heavy atom. The standard InChI is InChI=1S/C11H12F3N5/c1-10(15)5-18(6-10)9-7-4-8(11(12,13)14)17-19(7)3-2-16-9/h2-4H,5-6,15H2,1H3. The lowest BCUT2D eigenvalue weighted by Crippen LogP contribution is -2.65. The number of nitrogens with zero attached hydrogens (tertiary/aromatic N) is 4. The first-order valence-electron chi connectivity index (χ1n) is 5.72. The summed E-state index contributed by atoms with van der Waals surface area (Å²) in [5, 5.41) is 3.52. The van der Waals surface area contributed by atoms with Crippen molar-refractivity contribution < 1.29 is 13.2 Å². The third-order valence-corrected chi connectivity index (χ3v) is 3.06. The molecule has 1 fully saturated rings. The van der Waals surface area contributed by atoms with E-state index in [-0.39, 0.29) is 5.54 Å². The van der Waals surface area contributed by atoms with Crippen molar-refractivity contribution in [2.75, 3.05) is 18.0 Å². The molecule has 5 nitrogen and oxygen atoms in total. The van der Waals surface area contributed by atoms with Gasteiger partial charge in [0.2, 0.25) is 0 Å². The molecule has 1 saturated heterocycles. The number of nitrogens with two attached hydrogens (primary N) is 1. The minimum Gasteiger partial charge on any atom is -0.351 e. The van der Waals surface area contributed by atoms with Crippen LogP contribution >= 0.6 is 0 Å². The summed E-state index contributed by atoms with van der Waals surface area (Å²) in [7, 11) is 0. The van der Waals surface area contributed by atoms with Gasteiger partial charge in [-0.2, -0.15) is 18.3 Å². The highest BCUT2D eigenvalue weighted by molar-refractivity contribution is 5.70. The third-order valence-electron chi connectivity index (χ3n) is 3.06. The number of fused-ring (bicyclic) bond motifs is 1. The van der Waals surface area contributed by atoms with E-state index in [1.54, 1.807) is 0 Å². The molecule has 2 aromatic rings. The summed E-state index contributed by atoms with van der Waals surface area (Å²) >= 11 is 0. The molecule has 0 saturated carbocycles. The average Bonchev–Trinajstić information content (AvgIpc) is 2.68. The van der Waals surface area contributed by atoms with Crippen molar-refractivity contribution in [3.63, 3.8) is 0 Å². The van der Waals surface area contributed by atoms with Crippen molar-refractivity contribution >= 4 is 11.3 Å². The Balaban J connectivity index is 2.04. The van der Waals surface area contributed by atoms with E-state index < -0.39 is 11.9 Å². The van der Waals surface area contributed by atoms with E-state index in [0.29, 0.717) is 24.4 Å². The number of rotatable bonds is 1. The molecule has 0 radical (unpaired) electrons. The molecule has 1 aliphatic rings. The summed E-state index contributed by atoms with van der Waals surface area (Å²) in [6.45, 7) is 3.01. The van der Waals surface area contributed by atoms with E-state index in [4.69, 9.17) is 5.73 Å². The topological polar surface area (TPSA) is 59.5 Å². The molecule has 0 aliphatic carbocycles. The number of halogens is 3. The summed E-state index contributed by atoms with van der Waals surface area (Å²) in [6, 6.07) is 1.01. The van der Waals surface area contributed by atoms with Crippen LogP contribution < -0.4 is 10.6 Å². The van der Waals surface area contributed by atoms with Crippen LogP contribution in [0.15, 0.2) is 18.5 Å². The molecule has 0 amide bonds. The predicted molar refractivity (Wildman–Crippen MR) is 62.8 cm³/mol. The molecular formula is C11H12F3N5. The van der Waals surface area contributed by atoms with Crippen LogP contribution in [-0.2, 0) is 6.18 Å². The van der Waals surface area contributed by atoms with Gasteiger partial charge in [-0.05, 0) is 6.92 Å². The van der Waals surface area contributed by atoms with Crippen molar-refractivity contribution in [2.24, 2.45) is 5.73 Å². The molecule has 2 N–H and O–H groups in total. The zero-order valence-electron chi connectivity index (χ0n) is 10.1. The molecule has 19 heavy (non-hydrogen) atoms. The Kier molecular flexibility index (Phi) is 2.31. The van der Waals surface area contributed by atoms with E-state index >= 15 is 0 Å². The number of hydrogen-bond donors (Lipinski definition) is 1. The number of anilines is 1. The van der Waals surface area contributed by atoms with E-state index in [2.05, 4.69) is 10.1 Å². The van der Waals surface area contributed by atoms with Crippen LogP contribution in [0.5, 0.6) is 0 Å². The summed E-state index contributed by atoms with van der Waals surface area (Å²) in [6.07, 6.45) is -1.63. The highest BCUT2D eigenvalue weighted by Gasteiger charge is 2.38. The second kappa shape index (κ2) is 3.60. The lowest BCUT2D eigenvalue weighted by atomic mass is 9.94. The number of aromatic nitrogens is 3. The van der Waals surface area contributed by atoms with Gasteiger partial charge in [-0.1, -0.05) is 0 Å². The Labute approximate surface area is 106 Å². The van der Waals surface area contributed by atoms with Gasteiger partial charge in [0.05, 0.1) is 0 Å². The van der Waals surface area contributed by atoms with Crippen molar-refractivity contribution in [3.05, 3.63) is 24.2 Å². The largest absolute Gasteiger partial charge is 0.435 e. The van der Waals surface area contributed by atoms with Gasteiger partial charge >= 0.3 is 6.18 Å². The first-order valence-corrected chi connectivity index (χ1v) is 5.72. The molecule has 0 spiro atoms. The van der Waals surface area contributed by atoms with Gasteiger partial charge in [0.25, 0.3) is 0 Å². The summed E-state index contributed by atoms with van der Waals surface area (Å²) in [4.78, 5) is 5.98. The van der Waals surface area contributed by atoms with Crippen LogP contribution in [0.25, 0.3) is 5.52 Å². The molecule has 1 aliphatic heterocycles. The van der Waals surface area contributed by atoms with Crippen LogP contribution in [0.1, 0.15) is 12.6 Å². The van der Waals surface area contributed by atoms with Gasteiger partial charge in [-0.3, -0.25) is 0 Å². The average molecular weight is 271 g/mol. The molecule has 8 heteroatoms. The summed E-state index contributed by atoms with van der Waals surface area (Å²) < 4.78 is 39.1. The zero-order chi connectivity index (χ0) is 13.8. The first-order chi connectivity index (χ1) is 8.76. The predicted octanol–water partition coefficient (Wildman–Crippen LogP) is 1.29. The van der Waals surface area contributed by atoms with Gasteiger partial charge in [0.15, 0.2) is 11.5 Å². The maximum atomic E-state index is 12.6. The smallest absolute Gasteiger partial charge is 0.351 e. The van der Waals surface area contributed by atoms with Gasteiger partial charge < -0.3 is 10.6 Å².